The van der Waals surface area contributed by atoms with Gasteiger partial charge in [-0.1, -0.05) is 22.0 Å². The smallest absolute Gasteiger partial charge is 0.0211 e. The molecule has 1 aromatic carbocycles. The van der Waals surface area contributed by atoms with E-state index in [1.54, 1.807) is 5.56 Å². The number of benzene rings is 1. The molecule has 0 radical (unpaired) electrons. The van der Waals surface area contributed by atoms with Crippen molar-refractivity contribution >= 4 is 15.9 Å². The molecular weight excluding hydrogens is 226 g/mol. The highest BCUT2D eigenvalue weighted by Gasteiger charge is 2.33. The van der Waals surface area contributed by atoms with Crippen LogP contribution in [-0.4, -0.2) is 6.04 Å². The summed E-state index contributed by atoms with van der Waals surface area (Å²) in [4.78, 5) is 0. The molecule has 68 valence electrons. The predicted molar refractivity (Wildman–Crippen MR) is 56.7 cm³/mol. The lowest BCUT2D eigenvalue weighted by atomic mass is 9.76. The quantitative estimate of drug-likeness (QED) is 0.732. The van der Waals surface area contributed by atoms with Crippen LogP contribution in [0.2, 0.25) is 0 Å². The van der Waals surface area contributed by atoms with Gasteiger partial charge in [-0.2, -0.15) is 0 Å². The van der Waals surface area contributed by atoms with Gasteiger partial charge in [0.15, 0.2) is 0 Å². The van der Waals surface area contributed by atoms with Gasteiger partial charge in [0.05, 0.1) is 0 Å². The highest BCUT2D eigenvalue weighted by atomic mass is 79.9. The number of hydrogen-bond donors (Lipinski definition) is 1. The summed E-state index contributed by atoms with van der Waals surface area (Å²) in [5.74, 6) is 0.836. The molecule has 13 heavy (non-hydrogen) atoms. The third-order valence-electron chi connectivity index (χ3n) is 3.26. The van der Waals surface area contributed by atoms with Crippen LogP contribution in [0, 0.1) is 0 Å². The van der Waals surface area contributed by atoms with Crippen LogP contribution in [0.5, 0.6) is 0 Å². The Morgan fingerprint density at radius 3 is 3.00 bits per heavy atom. The predicted octanol–water partition coefficient (Wildman–Crippen LogP) is 2.80. The summed E-state index contributed by atoms with van der Waals surface area (Å²) >= 11 is 3.52. The first-order valence-electron chi connectivity index (χ1n) is 4.84. The molecule has 4 rings (SSSR count). The van der Waals surface area contributed by atoms with Crippen LogP contribution in [0.1, 0.15) is 29.9 Å². The second kappa shape index (κ2) is 2.82. The molecule has 0 amide bonds. The SMILES string of the molecule is Brc1ccc2c(c1)CNC1CC2C1. The van der Waals surface area contributed by atoms with Gasteiger partial charge in [0.25, 0.3) is 0 Å². The van der Waals surface area contributed by atoms with Crippen LogP contribution in [0.4, 0.5) is 0 Å². The number of nitrogens with one attached hydrogen (secondary N) is 1. The van der Waals surface area contributed by atoms with Crippen LogP contribution in [-0.2, 0) is 6.54 Å². The molecule has 2 bridgehead atoms. The fourth-order valence-corrected chi connectivity index (χ4v) is 2.83. The van der Waals surface area contributed by atoms with Gasteiger partial charge < -0.3 is 5.32 Å². The van der Waals surface area contributed by atoms with E-state index in [1.807, 2.05) is 0 Å². The van der Waals surface area contributed by atoms with Crippen molar-refractivity contribution in [2.75, 3.05) is 0 Å². The van der Waals surface area contributed by atoms with E-state index in [0.717, 1.165) is 18.5 Å². The maximum absolute atomic E-state index is 3.57. The maximum atomic E-state index is 3.57. The van der Waals surface area contributed by atoms with Gasteiger partial charge in [-0.25, -0.2) is 0 Å². The molecule has 0 spiro atoms. The Balaban J connectivity index is 2.08. The van der Waals surface area contributed by atoms with Gasteiger partial charge in [0.2, 0.25) is 0 Å². The molecule has 0 unspecified atom stereocenters. The van der Waals surface area contributed by atoms with E-state index < -0.39 is 0 Å². The minimum Gasteiger partial charge on any atom is -0.310 e. The molecule has 2 heteroatoms. The Hall–Kier alpha value is -0.340. The third-order valence-corrected chi connectivity index (χ3v) is 3.76. The summed E-state index contributed by atoms with van der Waals surface area (Å²) < 4.78 is 1.20. The Morgan fingerprint density at radius 2 is 2.15 bits per heavy atom. The average Bonchev–Trinajstić information content (AvgIpc) is 2.29. The Morgan fingerprint density at radius 1 is 1.31 bits per heavy atom. The highest BCUT2D eigenvalue weighted by Crippen LogP contribution is 2.41. The van der Waals surface area contributed by atoms with Gasteiger partial charge >= 0.3 is 0 Å². The molecule has 0 saturated heterocycles. The van der Waals surface area contributed by atoms with Crippen LogP contribution in [0.25, 0.3) is 0 Å². The Kier molecular flexibility index (Phi) is 1.74. The van der Waals surface area contributed by atoms with E-state index in [0.29, 0.717) is 0 Å². The lowest BCUT2D eigenvalue weighted by Crippen LogP contribution is -2.36. The molecular formula is C11H12BrN. The second-order valence-corrected chi connectivity index (χ2v) is 5.00. The Labute approximate surface area is 86.7 Å². The van der Waals surface area contributed by atoms with Gasteiger partial charge in [-0.05, 0) is 42.0 Å². The fourth-order valence-electron chi connectivity index (χ4n) is 2.42. The Bertz CT molecular complexity index is 342. The zero-order valence-electron chi connectivity index (χ0n) is 7.39. The van der Waals surface area contributed by atoms with Crippen molar-refractivity contribution in [1.82, 2.24) is 5.32 Å². The number of hydrogen-bond acceptors (Lipinski definition) is 1. The van der Waals surface area contributed by atoms with Gasteiger partial charge in [0, 0.05) is 17.1 Å². The van der Waals surface area contributed by atoms with E-state index in [4.69, 9.17) is 0 Å². The number of fused-ring (bicyclic) bond motifs is 1. The summed E-state index contributed by atoms with van der Waals surface area (Å²) in [6.07, 6.45) is 2.68. The molecule has 1 N–H and O–H groups in total. The van der Waals surface area contributed by atoms with Crippen LogP contribution in [0.15, 0.2) is 22.7 Å². The monoisotopic (exact) mass is 237 g/mol. The zero-order valence-corrected chi connectivity index (χ0v) is 8.97. The van der Waals surface area contributed by atoms with Crippen molar-refractivity contribution < 1.29 is 0 Å². The van der Waals surface area contributed by atoms with E-state index in [1.165, 1.54) is 22.9 Å². The lowest BCUT2D eigenvalue weighted by Gasteiger charge is -2.33. The number of rotatable bonds is 0. The molecule has 3 aliphatic rings. The largest absolute Gasteiger partial charge is 0.310 e. The van der Waals surface area contributed by atoms with Crippen molar-refractivity contribution in [3.05, 3.63) is 33.8 Å². The van der Waals surface area contributed by atoms with Crippen molar-refractivity contribution in [2.24, 2.45) is 0 Å². The van der Waals surface area contributed by atoms with Crippen molar-refractivity contribution in [1.29, 1.82) is 0 Å². The molecule has 1 fully saturated rings. The molecule has 0 atom stereocenters. The van der Waals surface area contributed by atoms with Crippen molar-refractivity contribution in [3.63, 3.8) is 0 Å². The third kappa shape index (κ3) is 1.24. The summed E-state index contributed by atoms with van der Waals surface area (Å²) in [7, 11) is 0. The first-order valence-corrected chi connectivity index (χ1v) is 5.64. The summed E-state index contributed by atoms with van der Waals surface area (Å²) in [5, 5.41) is 3.57. The first-order chi connectivity index (χ1) is 6.33. The zero-order chi connectivity index (χ0) is 8.84. The second-order valence-electron chi connectivity index (χ2n) is 4.09. The molecule has 0 aromatic heterocycles. The standard InChI is InChI=1S/C11H12BrN/c12-9-1-2-11-7-4-10(5-7)13-6-8(11)3-9/h1-3,7,10,13H,4-6H2. The van der Waals surface area contributed by atoms with Gasteiger partial charge in [-0.15, -0.1) is 0 Å². The lowest BCUT2D eigenvalue weighted by molar-refractivity contribution is 0.306. The van der Waals surface area contributed by atoms with Crippen molar-refractivity contribution in [2.45, 2.75) is 31.3 Å². The van der Waals surface area contributed by atoms with E-state index in [-0.39, 0.29) is 0 Å². The van der Waals surface area contributed by atoms with Gasteiger partial charge in [0.1, 0.15) is 0 Å². The molecule has 1 aromatic rings. The normalized spacial score (nSPS) is 30.2. The van der Waals surface area contributed by atoms with Crippen LogP contribution < -0.4 is 5.32 Å². The van der Waals surface area contributed by atoms with Crippen molar-refractivity contribution in [3.8, 4) is 0 Å². The number of halogens is 1. The molecule has 1 nitrogen and oxygen atoms in total. The van der Waals surface area contributed by atoms with Crippen LogP contribution in [0.3, 0.4) is 0 Å². The summed E-state index contributed by atoms with van der Waals surface area (Å²) in [6.45, 7) is 1.05. The van der Waals surface area contributed by atoms with Gasteiger partial charge in [-0.3, -0.25) is 0 Å². The molecule has 2 heterocycles. The first kappa shape index (κ1) is 8.01. The fraction of sp³-hybridized carbons (Fsp3) is 0.455. The molecule has 2 aliphatic heterocycles. The summed E-state index contributed by atoms with van der Waals surface area (Å²) in [6, 6.07) is 7.49. The average molecular weight is 238 g/mol. The summed E-state index contributed by atoms with van der Waals surface area (Å²) in [5.41, 5.74) is 3.06. The van der Waals surface area contributed by atoms with E-state index >= 15 is 0 Å². The van der Waals surface area contributed by atoms with E-state index in [2.05, 4.69) is 39.4 Å². The van der Waals surface area contributed by atoms with Crippen LogP contribution >= 0.6 is 15.9 Å². The minimum absolute atomic E-state index is 0.788. The maximum Gasteiger partial charge on any atom is 0.0211 e. The van der Waals surface area contributed by atoms with E-state index in [9.17, 15) is 0 Å². The minimum atomic E-state index is 0.788. The topological polar surface area (TPSA) is 12.0 Å². The molecule has 1 aliphatic carbocycles. The molecule has 1 saturated carbocycles. The highest BCUT2D eigenvalue weighted by molar-refractivity contribution is 9.10.